The van der Waals surface area contributed by atoms with Crippen molar-refractivity contribution in [2.24, 2.45) is 11.7 Å². The molecule has 0 aliphatic heterocycles. The van der Waals surface area contributed by atoms with Crippen LogP contribution < -0.4 is 5.73 Å². The second-order valence-corrected chi connectivity index (χ2v) is 8.85. The van der Waals surface area contributed by atoms with Gasteiger partial charge in [0.2, 0.25) is 10.0 Å². The monoisotopic (exact) mass is 377 g/mol. The number of fused-ring (bicyclic) bond motifs is 1. The molecule has 0 aliphatic rings. The molecule has 2 rings (SSSR count). The molecule has 5 nitrogen and oxygen atoms in total. The Labute approximate surface area is 157 Å². The molecule has 0 amide bonds. The van der Waals surface area contributed by atoms with Crippen LogP contribution in [-0.2, 0) is 10.0 Å². The number of hydrogen-bond acceptors (Lipinski definition) is 4. The Morgan fingerprint density at radius 2 is 1.96 bits per heavy atom. The van der Waals surface area contributed by atoms with Gasteiger partial charge < -0.3 is 5.73 Å². The second kappa shape index (κ2) is 10.00. The summed E-state index contributed by atoms with van der Waals surface area (Å²) in [5.41, 5.74) is 5.72. The number of benzene rings is 1. The van der Waals surface area contributed by atoms with E-state index in [1.54, 1.807) is 34.9 Å². The average molecular weight is 378 g/mol. The van der Waals surface area contributed by atoms with Gasteiger partial charge in [-0.2, -0.15) is 4.31 Å². The SMILES string of the molecule is CCCCCCN(CCC(C)CN)S(=O)(=O)c1cccc2cnccc12. The van der Waals surface area contributed by atoms with Gasteiger partial charge in [-0.05, 0) is 37.4 Å². The summed E-state index contributed by atoms with van der Waals surface area (Å²) in [4.78, 5) is 4.47. The maximum Gasteiger partial charge on any atom is 0.243 e. The van der Waals surface area contributed by atoms with E-state index < -0.39 is 10.0 Å². The van der Waals surface area contributed by atoms with Gasteiger partial charge in [0.25, 0.3) is 0 Å². The van der Waals surface area contributed by atoms with Gasteiger partial charge in [0.1, 0.15) is 0 Å². The smallest absolute Gasteiger partial charge is 0.243 e. The third kappa shape index (κ3) is 5.25. The molecule has 0 aliphatic carbocycles. The summed E-state index contributed by atoms with van der Waals surface area (Å²) in [6.07, 6.45) is 8.32. The fourth-order valence-corrected chi connectivity index (χ4v) is 4.71. The molecule has 0 saturated carbocycles. The number of pyridine rings is 1. The van der Waals surface area contributed by atoms with Gasteiger partial charge >= 0.3 is 0 Å². The molecule has 0 bridgehead atoms. The first-order valence-electron chi connectivity index (χ1n) is 9.53. The molecule has 2 aromatic rings. The van der Waals surface area contributed by atoms with Crippen LogP contribution in [0.2, 0.25) is 0 Å². The summed E-state index contributed by atoms with van der Waals surface area (Å²) >= 11 is 0. The highest BCUT2D eigenvalue weighted by Crippen LogP contribution is 2.26. The predicted molar refractivity (Wildman–Crippen MR) is 107 cm³/mol. The van der Waals surface area contributed by atoms with Crippen molar-refractivity contribution >= 4 is 20.8 Å². The van der Waals surface area contributed by atoms with Gasteiger partial charge in [0.15, 0.2) is 0 Å². The maximum absolute atomic E-state index is 13.4. The molecular formula is C20H31N3O2S. The van der Waals surface area contributed by atoms with Crippen LogP contribution in [0.5, 0.6) is 0 Å². The second-order valence-electron chi connectivity index (χ2n) is 6.95. The Morgan fingerprint density at radius 1 is 1.15 bits per heavy atom. The van der Waals surface area contributed by atoms with Crippen molar-refractivity contribution in [1.29, 1.82) is 0 Å². The summed E-state index contributed by atoms with van der Waals surface area (Å²) in [5.74, 6) is 0.306. The minimum atomic E-state index is -3.55. The minimum absolute atomic E-state index is 0.306. The maximum atomic E-state index is 13.4. The molecule has 1 atom stereocenters. The van der Waals surface area contributed by atoms with Crippen molar-refractivity contribution in [2.75, 3.05) is 19.6 Å². The summed E-state index contributed by atoms with van der Waals surface area (Å²) in [6, 6.07) is 7.15. The first-order valence-corrected chi connectivity index (χ1v) is 11.0. The molecule has 1 unspecified atom stereocenters. The van der Waals surface area contributed by atoms with Crippen LogP contribution in [0, 0.1) is 5.92 Å². The van der Waals surface area contributed by atoms with Gasteiger partial charge in [-0.1, -0.05) is 45.2 Å². The van der Waals surface area contributed by atoms with Crippen LogP contribution in [0.15, 0.2) is 41.6 Å². The minimum Gasteiger partial charge on any atom is -0.330 e. The molecule has 6 heteroatoms. The van der Waals surface area contributed by atoms with E-state index in [1.165, 1.54) is 0 Å². The third-order valence-electron chi connectivity index (χ3n) is 4.79. The number of aromatic nitrogens is 1. The standard InChI is InChI=1S/C20H31N3O2S/c1-3-4-5-6-13-23(14-11-17(2)15-21)26(24,25)20-9-7-8-18-16-22-12-10-19(18)20/h7-10,12,16-17H,3-6,11,13-15,21H2,1-2H3. The highest BCUT2D eigenvalue weighted by Gasteiger charge is 2.26. The van der Waals surface area contributed by atoms with E-state index in [-0.39, 0.29) is 0 Å². The van der Waals surface area contributed by atoms with E-state index in [2.05, 4.69) is 18.8 Å². The van der Waals surface area contributed by atoms with Gasteiger partial charge in [0.05, 0.1) is 4.90 Å². The van der Waals surface area contributed by atoms with E-state index in [4.69, 9.17) is 5.73 Å². The van der Waals surface area contributed by atoms with E-state index in [0.717, 1.165) is 42.9 Å². The molecule has 1 aromatic heterocycles. The van der Waals surface area contributed by atoms with Crippen molar-refractivity contribution in [1.82, 2.24) is 9.29 Å². The normalized spacial score (nSPS) is 13.4. The Balaban J connectivity index is 2.30. The number of rotatable bonds is 11. The Morgan fingerprint density at radius 3 is 2.69 bits per heavy atom. The van der Waals surface area contributed by atoms with E-state index in [1.807, 2.05) is 6.07 Å². The first-order chi connectivity index (χ1) is 12.5. The summed E-state index contributed by atoms with van der Waals surface area (Å²) in [5, 5.41) is 1.57. The lowest BCUT2D eigenvalue weighted by atomic mass is 10.1. The molecular weight excluding hydrogens is 346 g/mol. The molecule has 0 saturated heterocycles. The number of nitrogens with two attached hydrogens (primary N) is 1. The van der Waals surface area contributed by atoms with Crippen molar-refractivity contribution < 1.29 is 8.42 Å². The van der Waals surface area contributed by atoms with Gasteiger partial charge in [-0.25, -0.2) is 8.42 Å². The van der Waals surface area contributed by atoms with Crippen LogP contribution >= 0.6 is 0 Å². The quantitative estimate of drug-likeness (QED) is 0.605. The summed E-state index contributed by atoms with van der Waals surface area (Å²) < 4.78 is 28.4. The van der Waals surface area contributed by atoms with Crippen molar-refractivity contribution in [3.63, 3.8) is 0 Å². The molecule has 144 valence electrons. The number of nitrogens with zero attached hydrogens (tertiary/aromatic N) is 2. The Bertz CT molecular complexity index is 787. The fourth-order valence-electron chi connectivity index (χ4n) is 3.01. The third-order valence-corrected chi connectivity index (χ3v) is 6.75. The number of hydrogen-bond donors (Lipinski definition) is 1. The van der Waals surface area contributed by atoms with Crippen molar-refractivity contribution in [3.8, 4) is 0 Å². The lowest BCUT2D eigenvalue weighted by Crippen LogP contribution is -2.34. The zero-order valence-corrected chi connectivity index (χ0v) is 16.7. The van der Waals surface area contributed by atoms with Gasteiger partial charge in [-0.3, -0.25) is 4.98 Å². The van der Waals surface area contributed by atoms with Crippen LogP contribution in [0.1, 0.15) is 46.0 Å². The number of sulfonamides is 1. The fraction of sp³-hybridized carbons (Fsp3) is 0.550. The van der Waals surface area contributed by atoms with Crippen LogP contribution in [-0.4, -0.2) is 37.3 Å². The van der Waals surface area contributed by atoms with Crippen LogP contribution in [0.25, 0.3) is 10.8 Å². The molecule has 1 heterocycles. The lowest BCUT2D eigenvalue weighted by Gasteiger charge is -2.24. The lowest BCUT2D eigenvalue weighted by molar-refractivity contribution is 0.365. The van der Waals surface area contributed by atoms with E-state index in [9.17, 15) is 8.42 Å². The van der Waals surface area contributed by atoms with Crippen LogP contribution in [0.3, 0.4) is 0 Å². The Kier molecular flexibility index (Phi) is 8.00. The zero-order chi connectivity index (χ0) is 19.0. The van der Waals surface area contributed by atoms with Crippen molar-refractivity contribution in [3.05, 3.63) is 36.7 Å². The predicted octanol–water partition coefficient (Wildman–Crippen LogP) is 3.79. The highest BCUT2D eigenvalue weighted by atomic mass is 32.2. The Hall–Kier alpha value is -1.50. The number of unbranched alkanes of at least 4 members (excludes halogenated alkanes) is 3. The summed E-state index contributed by atoms with van der Waals surface area (Å²) in [7, 11) is -3.55. The van der Waals surface area contributed by atoms with Gasteiger partial charge in [-0.15, -0.1) is 0 Å². The molecule has 2 N–H and O–H groups in total. The topological polar surface area (TPSA) is 76.3 Å². The summed E-state index contributed by atoms with van der Waals surface area (Å²) in [6.45, 7) is 5.85. The first kappa shape index (κ1) is 20.8. The molecule has 26 heavy (non-hydrogen) atoms. The van der Waals surface area contributed by atoms with Crippen LogP contribution in [0.4, 0.5) is 0 Å². The molecule has 1 aromatic carbocycles. The van der Waals surface area contributed by atoms with E-state index in [0.29, 0.717) is 30.4 Å². The van der Waals surface area contributed by atoms with Crippen molar-refractivity contribution in [2.45, 2.75) is 50.8 Å². The average Bonchev–Trinajstić information content (AvgIpc) is 2.66. The van der Waals surface area contributed by atoms with Gasteiger partial charge in [0, 0.05) is 36.3 Å². The largest absolute Gasteiger partial charge is 0.330 e. The van der Waals surface area contributed by atoms with E-state index >= 15 is 0 Å². The zero-order valence-electron chi connectivity index (χ0n) is 15.9. The molecule has 0 radical (unpaired) electrons. The molecule has 0 fully saturated rings. The molecule has 0 spiro atoms. The highest BCUT2D eigenvalue weighted by molar-refractivity contribution is 7.89.